The van der Waals surface area contributed by atoms with Crippen LogP contribution >= 0.6 is 12.4 Å². The lowest BCUT2D eigenvalue weighted by atomic mass is 10.1. The second-order valence-corrected chi connectivity index (χ2v) is 6.59. The van der Waals surface area contributed by atoms with Crippen molar-refractivity contribution in [3.05, 3.63) is 42.2 Å². The number of anilines is 3. The van der Waals surface area contributed by atoms with Crippen molar-refractivity contribution in [3.8, 4) is 11.5 Å². The summed E-state index contributed by atoms with van der Waals surface area (Å²) in [6.45, 7) is 6.64. The van der Waals surface area contributed by atoms with Gasteiger partial charge in [-0.2, -0.15) is 0 Å². The lowest BCUT2D eigenvalue weighted by molar-refractivity contribution is 0.168. The maximum absolute atomic E-state index is 11.7. The molecule has 0 fully saturated rings. The number of benzene rings is 2. The van der Waals surface area contributed by atoms with Crippen LogP contribution in [0.15, 0.2) is 36.7 Å². The Morgan fingerprint density at radius 3 is 2.58 bits per heavy atom. The minimum absolute atomic E-state index is 0. The summed E-state index contributed by atoms with van der Waals surface area (Å²) in [7, 11) is 1.61. The molecule has 1 amide bonds. The number of aryl methyl sites for hydroxylation is 1. The molecule has 0 aliphatic rings. The molecule has 8 nitrogen and oxygen atoms in total. The summed E-state index contributed by atoms with van der Waals surface area (Å²) in [5.74, 6) is 1.92. The van der Waals surface area contributed by atoms with E-state index in [9.17, 15) is 4.79 Å². The second-order valence-electron chi connectivity index (χ2n) is 6.59. The lowest BCUT2D eigenvalue weighted by Crippen LogP contribution is -2.14. The van der Waals surface area contributed by atoms with E-state index in [2.05, 4.69) is 20.6 Å². The Hall–Kier alpha value is -3.26. The van der Waals surface area contributed by atoms with Gasteiger partial charge in [-0.05, 0) is 50.1 Å². The SMILES string of the molecule is CCCOc1cc2ncnc(Nc3ccc(NC(=O)OCC)c(C)c3)c2cc1OC.Cl. The Kier molecular flexibility index (Phi) is 8.69. The minimum Gasteiger partial charge on any atom is -0.493 e. The molecule has 9 heteroatoms. The number of hydrogen-bond donors (Lipinski definition) is 2. The summed E-state index contributed by atoms with van der Waals surface area (Å²) >= 11 is 0. The van der Waals surface area contributed by atoms with Crippen molar-refractivity contribution in [1.29, 1.82) is 0 Å². The van der Waals surface area contributed by atoms with Crippen molar-refractivity contribution in [2.45, 2.75) is 27.2 Å². The highest BCUT2D eigenvalue weighted by atomic mass is 35.5. The van der Waals surface area contributed by atoms with Gasteiger partial charge in [0.1, 0.15) is 12.1 Å². The van der Waals surface area contributed by atoms with Crippen LogP contribution in [0, 0.1) is 6.92 Å². The Morgan fingerprint density at radius 2 is 1.90 bits per heavy atom. The highest BCUT2D eigenvalue weighted by Gasteiger charge is 2.12. The van der Waals surface area contributed by atoms with Crippen LogP contribution in [-0.4, -0.2) is 36.4 Å². The molecular formula is C22H27ClN4O4. The third-order valence-electron chi connectivity index (χ3n) is 4.38. The van der Waals surface area contributed by atoms with Gasteiger partial charge in [0.25, 0.3) is 0 Å². The van der Waals surface area contributed by atoms with Gasteiger partial charge in [0.2, 0.25) is 0 Å². The van der Waals surface area contributed by atoms with Gasteiger partial charge >= 0.3 is 6.09 Å². The molecule has 0 spiro atoms. The van der Waals surface area contributed by atoms with Crippen LogP contribution in [0.1, 0.15) is 25.8 Å². The van der Waals surface area contributed by atoms with E-state index in [0.29, 0.717) is 36.2 Å². The molecule has 1 aromatic heterocycles. The molecular weight excluding hydrogens is 420 g/mol. The van der Waals surface area contributed by atoms with Crippen molar-refractivity contribution < 1.29 is 19.0 Å². The molecule has 3 aromatic rings. The van der Waals surface area contributed by atoms with Crippen molar-refractivity contribution in [1.82, 2.24) is 9.97 Å². The summed E-state index contributed by atoms with van der Waals surface area (Å²) in [5, 5.41) is 6.85. The molecule has 0 saturated heterocycles. The largest absolute Gasteiger partial charge is 0.493 e. The Morgan fingerprint density at radius 1 is 1.10 bits per heavy atom. The fraction of sp³-hybridized carbons (Fsp3) is 0.318. The van der Waals surface area contributed by atoms with Crippen molar-refractivity contribution >= 4 is 46.6 Å². The normalized spacial score (nSPS) is 10.2. The Labute approximate surface area is 187 Å². The van der Waals surface area contributed by atoms with Gasteiger partial charge < -0.3 is 19.5 Å². The van der Waals surface area contributed by atoms with Crippen LogP contribution in [0.2, 0.25) is 0 Å². The molecule has 0 aliphatic heterocycles. The molecule has 2 N–H and O–H groups in total. The smallest absolute Gasteiger partial charge is 0.411 e. The number of carbonyl (C=O) groups is 1. The van der Waals surface area contributed by atoms with Gasteiger partial charge in [0, 0.05) is 22.8 Å². The molecule has 0 atom stereocenters. The van der Waals surface area contributed by atoms with Gasteiger partial charge in [-0.1, -0.05) is 6.92 Å². The Balaban J connectivity index is 0.00000341. The number of halogens is 1. The zero-order valence-corrected chi connectivity index (χ0v) is 18.8. The van der Waals surface area contributed by atoms with Crippen molar-refractivity contribution in [2.75, 3.05) is 31.0 Å². The zero-order chi connectivity index (χ0) is 21.5. The first-order valence-electron chi connectivity index (χ1n) is 9.82. The first kappa shape index (κ1) is 24.0. The van der Waals surface area contributed by atoms with Crippen LogP contribution in [0.25, 0.3) is 10.9 Å². The van der Waals surface area contributed by atoms with Crippen LogP contribution in [0.5, 0.6) is 11.5 Å². The molecule has 0 saturated carbocycles. The predicted octanol–water partition coefficient (Wildman–Crippen LogP) is 5.47. The van der Waals surface area contributed by atoms with Crippen LogP contribution in [0.3, 0.4) is 0 Å². The number of nitrogens with one attached hydrogen (secondary N) is 2. The average molecular weight is 447 g/mol. The first-order chi connectivity index (χ1) is 14.5. The number of aromatic nitrogens is 2. The third-order valence-corrected chi connectivity index (χ3v) is 4.38. The number of carbonyl (C=O) groups excluding carboxylic acids is 1. The molecule has 0 unspecified atom stereocenters. The highest BCUT2D eigenvalue weighted by molar-refractivity contribution is 5.93. The van der Waals surface area contributed by atoms with E-state index in [1.165, 1.54) is 6.33 Å². The molecule has 0 bridgehead atoms. The van der Waals surface area contributed by atoms with Crippen LogP contribution < -0.4 is 20.1 Å². The van der Waals surface area contributed by atoms with E-state index in [1.54, 1.807) is 14.0 Å². The van der Waals surface area contributed by atoms with E-state index in [4.69, 9.17) is 14.2 Å². The standard InChI is InChI=1S/C22H26N4O4.ClH/c1-5-9-30-20-12-18-16(11-19(20)28-4)21(24-13-23-18)25-15-7-8-17(14(3)10-15)26-22(27)29-6-2;/h7-8,10-13H,5-6,9H2,1-4H3,(H,26,27)(H,23,24,25);1H. The van der Waals surface area contributed by atoms with Crippen LogP contribution in [0.4, 0.5) is 22.0 Å². The number of amides is 1. The minimum atomic E-state index is -0.476. The number of rotatable bonds is 8. The van der Waals surface area contributed by atoms with E-state index in [-0.39, 0.29) is 12.4 Å². The quantitative estimate of drug-likeness (QED) is 0.473. The van der Waals surface area contributed by atoms with Gasteiger partial charge in [-0.15, -0.1) is 12.4 Å². The highest BCUT2D eigenvalue weighted by Crippen LogP contribution is 2.35. The topological polar surface area (TPSA) is 94.6 Å². The molecule has 0 radical (unpaired) electrons. The van der Waals surface area contributed by atoms with E-state index in [1.807, 2.05) is 44.2 Å². The summed E-state index contributed by atoms with van der Waals surface area (Å²) in [6, 6.07) is 9.32. The number of ether oxygens (including phenoxy) is 3. The van der Waals surface area contributed by atoms with E-state index in [0.717, 1.165) is 28.6 Å². The molecule has 166 valence electrons. The van der Waals surface area contributed by atoms with Gasteiger partial charge in [-0.25, -0.2) is 14.8 Å². The Bertz CT molecular complexity index is 1050. The summed E-state index contributed by atoms with van der Waals surface area (Å²) in [4.78, 5) is 20.4. The maximum atomic E-state index is 11.7. The van der Waals surface area contributed by atoms with Gasteiger partial charge in [0.15, 0.2) is 11.5 Å². The van der Waals surface area contributed by atoms with Crippen molar-refractivity contribution in [2.24, 2.45) is 0 Å². The monoisotopic (exact) mass is 446 g/mol. The summed E-state index contributed by atoms with van der Waals surface area (Å²) < 4.78 is 16.2. The lowest BCUT2D eigenvalue weighted by Gasteiger charge is -2.14. The molecule has 1 heterocycles. The second kappa shape index (κ2) is 11.2. The summed E-state index contributed by atoms with van der Waals surface area (Å²) in [5.41, 5.74) is 3.15. The van der Waals surface area contributed by atoms with Gasteiger partial charge in [0.05, 0.1) is 25.8 Å². The molecule has 31 heavy (non-hydrogen) atoms. The maximum Gasteiger partial charge on any atom is 0.411 e. The molecule has 0 aliphatic carbocycles. The van der Waals surface area contributed by atoms with E-state index >= 15 is 0 Å². The predicted molar refractivity (Wildman–Crippen MR) is 124 cm³/mol. The first-order valence-corrected chi connectivity index (χ1v) is 9.82. The molecule has 3 rings (SSSR count). The number of fused-ring (bicyclic) bond motifs is 1. The van der Waals surface area contributed by atoms with Crippen LogP contribution in [-0.2, 0) is 4.74 Å². The van der Waals surface area contributed by atoms with Crippen molar-refractivity contribution in [3.63, 3.8) is 0 Å². The number of nitrogens with zero attached hydrogens (tertiary/aromatic N) is 2. The number of methoxy groups -OCH3 is 1. The zero-order valence-electron chi connectivity index (χ0n) is 18.0. The van der Waals surface area contributed by atoms with Gasteiger partial charge in [-0.3, -0.25) is 5.32 Å². The molecule has 2 aromatic carbocycles. The fourth-order valence-corrected chi connectivity index (χ4v) is 2.94. The third kappa shape index (κ3) is 5.88. The number of hydrogen-bond acceptors (Lipinski definition) is 7. The summed E-state index contributed by atoms with van der Waals surface area (Å²) in [6.07, 6.45) is 1.93. The fourth-order valence-electron chi connectivity index (χ4n) is 2.94. The average Bonchev–Trinajstić information content (AvgIpc) is 2.74. The van der Waals surface area contributed by atoms with E-state index < -0.39 is 6.09 Å².